The zero-order valence-electron chi connectivity index (χ0n) is 19.9. The van der Waals surface area contributed by atoms with Crippen LogP contribution in [0.5, 0.6) is 5.75 Å². The number of nitrogens with zero attached hydrogens (tertiary/aromatic N) is 3. The predicted octanol–water partition coefficient (Wildman–Crippen LogP) is 4.43. The lowest BCUT2D eigenvalue weighted by Crippen LogP contribution is -2.64. The number of carbonyl (C=O) groups is 2. The van der Waals surface area contributed by atoms with Crippen LogP contribution < -0.4 is 15.0 Å². The highest BCUT2D eigenvalue weighted by atomic mass is 19.1. The summed E-state index contributed by atoms with van der Waals surface area (Å²) in [6.45, 7) is 2.07. The number of methoxy groups -OCH3 is 1. The van der Waals surface area contributed by atoms with Crippen molar-refractivity contribution in [2.45, 2.75) is 25.6 Å². The Hall–Kier alpha value is -4.46. The molecule has 1 aliphatic heterocycles. The fourth-order valence-corrected chi connectivity index (χ4v) is 4.47. The van der Waals surface area contributed by atoms with Gasteiger partial charge in [0.1, 0.15) is 22.8 Å². The first-order valence-electron chi connectivity index (χ1n) is 11.5. The highest BCUT2D eigenvalue weighted by Gasteiger charge is 2.49. The zero-order valence-corrected chi connectivity index (χ0v) is 19.9. The minimum atomic E-state index is -1.35. The second-order valence-corrected chi connectivity index (χ2v) is 8.86. The van der Waals surface area contributed by atoms with E-state index >= 15 is 0 Å². The van der Waals surface area contributed by atoms with Crippen LogP contribution >= 0.6 is 0 Å². The number of aromatic nitrogens is 2. The first kappa shape index (κ1) is 23.3. The van der Waals surface area contributed by atoms with Gasteiger partial charge in [-0.25, -0.2) is 4.39 Å². The number of benzene rings is 3. The largest absolute Gasteiger partial charge is 0.497 e. The van der Waals surface area contributed by atoms with Crippen molar-refractivity contribution in [2.75, 3.05) is 12.0 Å². The topological polar surface area (TPSA) is 76.5 Å². The lowest BCUT2D eigenvalue weighted by Gasteiger charge is -2.43. The van der Waals surface area contributed by atoms with E-state index in [4.69, 9.17) is 4.74 Å². The number of hydrogen-bond donors (Lipinski definition) is 1. The third-order valence-electron chi connectivity index (χ3n) is 6.39. The van der Waals surface area contributed by atoms with Crippen LogP contribution in [0.3, 0.4) is 0 Å². The van der Waals surface area contributed by atoms with Crippen molar-refractivity contribution in [1.29, 1.82) is 0 Å². The molecule has 0 aliphatic carbocycles. The van der Waals surface area contributed by atoms with Crippen LogP contribution in [0.25, 0.3) is 11.3 Å². The zero-order chi connectivity index (χ0) is 25.3. The molecule has 0 bridgehead atoms. The fraction of sp³-hybridized carbons (Fsp3) is 0.179. The van der Waals surface area contributed by atoms with Crippen LogP contribution in [-0.4, -0.2) is 34.2 Å². The van der Waals surface area contributed by atoms with Crippen molar-refractivity contribution < 1.29 is 18.7 Å². The number of anilines is 1. The average molecular weight is 485 g/mol. The molecule has 1 aliphatic rings. The molecule has 0 saturated carbocycles. The Morgan fingerprint density at radius 2 is 1.81 bits per heavy atom. The van der Waals surface area contributed by atoms with Crippen molar-refractivity contribution >= 4 is 17.5 Å². The summed E-state index contributed by atoms with van der Waals surface area (Å²) in [6, 6.07) is 24.2. The quantitative estimate of drug-likeness (QED) is 0.439. The number of ether oxygens (including phenoxy) is 1. The first-order valence-corrected chi connectivity index (χ1v) is 11.5. The van der Waals surface area contributed by atoms with E-state index in [1.54, 1.807) is 30.8 Å². The number of carbonyl (C=O) groups excluding carboxylic acids is 2. The fourth-order valence-electron chi connectivity index (χ4n) is 4.47. The third-order valence-corrected chi connectivity index (χ3v) is 6.39. The Balaban J connectivity index is 1.53. The molecule has 0 radical (unpaired) electrons. The predicted molar refractivity (Wildman–Crippen MR) is 134 cm³/mol. The van der Waals surface area contributed by atoms with E-state index in [2.05, 4.69) is 10.4 Å². The molecule has 36 heavy (non-hydrogen) atoms. The number of amides is 2. The van der Waals surface area contributed by atoms with Crippen LogP contribution in [0.2, 0.25) is 0 Å². The molecule has 182 valence electrons. The van der Waals surface area contributed by atoms with Crippen molar-refractivity contribution in [1.82, 2.24) is 15.1 Å². The standard InChI is InChI=1S/C28H25FN4O3/c1-28(27(35)30-17-19-7-4-3-5-8-19)18-32-25(26(34)33(28)22-10-6-9-21(29)15-22)16-24(31-32)20-11-13-23(36-2)14-12-20/h3-16H,17-18H2,1-2H3,(H,30,35)/t28-/m0/s1. The summed E-state index contributed by atoms with van der Waals surface area (Å²) in [5, 5.41) is 7.59. The van der Waals surface area contributed by atoms with Gasteiger partial charge in [-0.3, -0.25) is 19.2 Å². The van der Waals surface area contributed by atoms with Gasteiger partial charge in [0.05, 0.1) is 19.3 Å². The summed E-state index contributed by atoms with van der Waals surface area (Å²) in [5.74, 6) is -0.586. The van der Waals surface area contributed by atoms with Gasteiger partial charge in [0.15, 0.2) is 0 Å². The normalized spacial score (nSPS) is 17.0. The van der Waals surface area contributed by atoms with Crippen LogP contribution in [0, 0.1) is 5.82 Å². The van der Waals surface area contributed by atoms with Gasteiger partial charge in [0, 0.05) is 17.8 Å². The Morgan fingerprint density at radius 1 is 1.06 bits per heavy atom. The number of halogens is 1. The van der Waals surface area contributed by atoms with Gasteiger partial charge in [0.25, 0.3) is 5.91 Å². The average Bonchev–Trinajstić information content (AvgIpc) is 3.32. The van der Waals surface area contributed by atoms with Gasteiger partial charge in [-0.1, -0.05) is 36.4 Å². The Bertz CT molecular complexity index is 1420. The molecule has 8 heteroatoms. The molecule has 1 aromatic heterocycles. The van der Waals surface area contributed by atoms with Crippen molar-refractivity contribution in [3.63, 3.8) is 0 Å². The maximum absolute atomic E-state index is 14.2. The Morgan fingerprint density at radius 3 is 2.50 bits per heavy atom. The summed E-state index contributed by atoms with van der Waals surface area (Å²) >= 11 is 0. The summed E-state index contributed by atoms with van der Waals surface area (Å²) in [5.41, 5.74) is 1.59. The Kier molecular flexibility index (Phi) is 6.01. The van der Waals surface area contributed by atoms with E-state index in [0.29, 0.717) is 29.4 Å². The number of nitrogens with one attached hydrogen (secondary N) is 1. The van der Waals surface area contributed by atoms with Gasteiger partial charge in [-0.15, -0.1) is 0 Å². The summed E-state index contributed by atoms with van der Waals surface area (Å²) < 4.78 is 21.0. The molecule has 1 N–H and O–H groups in total. The monoisotopic (exact) mass is 484 g/mol. The van der Waals surface area contributed by atoms with E-state index in [1.807, 2.05) is 54.6 Å². The molecule has 1 atom stereocenters. The third kappa shape index (κ3) is 4.22. The molecular formula is C28H25FN4O3. The SMILES string of the molecule is COc1ccc(-c2cc3n(n2)C[C@@](C)(C(=O)NCc2ccccc2)N(c2cccc(F)c2)C3=O)cc1. The van der Waals surface area contributed by atoms with Gasteiger partial charge < -0.3 is 10.1 Å². The smallest absolute Gasteiger partial charge is 0.277 e. The highest BCUT2D eigenvalue weighted by molar-refractivity contribution is 6.12. The van der Waals surface area contributed by atoms with Crippen molar-refractivity contribution in [3.05, 3.63) is 102 Å². The molecule has 5 rings (SSSR count). The summed E-state index contributed by atoms with van der Waals surface area (Å²) in [7, 11) is 1.59. The van der Waals surface area contributed by atoms with E-state index in [9.17, 15) is 14.0 Å². The van der Waals surface area contributed by atoms with Crippen molar-refractivity contribution in [2.24, 2.45) is 0 Å². The summed E-state index contributed by atoms with van der Waals surface area (Å²) in [6.07, 6.45) is 0. The van der Waals surface area contributed by atoms with Crippen LogP contribution in [0.1, 0.15) is 23.0 Å². The van der Waals surface area contributed by atoms with E-state index in [-0.39, 0.29) is 12.5 Å². The number of rotatable bonds is 6. The second kappa shape index (κ2) is 9.30. The molecule has 0 fully saturated rings. The van der Waals surface area contributed by atoms with Gasteiger partial charge in [0.2, 0.25) is 5.91 Å². The van der Waals surface area contributed by atoms with E-state index in [0.717, 1.165) is 11.1 Å². The number of hydrogen-bond acceptors (Lipinski definition) is 4. The molecule has 0 unspecified atom stereocenters. The van der Waals surface area contributed by atoms with Gasteiger partial charge in [-0.2, -0.15) is 5.10 Å². The molecule has 2 heterocycles. The van der Waals surface area contributed by atoms with Crippen molar-refractivity contribution in [3.8, 4) is 17.0 Å². The lowest BCUT2D eigenvalue weighted by molar-refractivity contribution is -0.126. The van der Waals surface area contributed by atoms with Crippen LogP contribution in [0.15, 0.2) is 84.9 Å². The van der Waals surface area contributed by atoms with E-state index < -0.39 is 17.3 Å². The van der Waals surface area contributed by atoms with Gasteiger partial charge in [-0.05, 0) is 61.0 Å². The van der Waals surface area contributed by atoms with Gasteiger partial charge >= 0.3 is 0 Å². The number of fused-ring (bicyclic) bond motifs is 1. The second-order valence-electron chi connectivity index (χ2n) is 8.86. The highest BCUT2D eigenvalue weighted by Crippen LogP contribution is 2.34. The summed E-state index contributed by atoms with van der Waals surface area (Å²) in [4.78, 5) is 28.8. The molecule has 3 aromatic carbocycles. The molecule has 7 nitrogen and oxygen atoms in total. The van der Waals surface area contributed by atoms with E-state index in [1.165, 1.54) is 23.1 Å². The van der Waals surface area contributed by atoms with Crippen LogP contribution in [-0.2, 0) is 17.9 Å². The Labute approximate surface area is 208 Å². The molecule has 2 amide bonds. The minimum absolute atomic E-state index is 0.0986. The minimum Gasteiger partial charge on any atom is -0.497 e. The first-order chi connectivity index (χ1) is 17.4. The molecule has 0 spiro atoms. The molecular weight excluding hydrogens is 459 g/mol. The maximum Gasteiger partial charge on any atom is 0.277 e. The maximum atomic E-state index is 14.2. The lowest BCUT2D eigenvalue weighted by atomic mass is 9.93. The molecule has 4 aromatic rings. The molecule has 0 saturated heterocycles. The van der Waals surface area contributed by atoms with Crippen LogP contribution in [0.4, 0.5) is 10.1 Å².